The number of hydrogen-bond acceptors (Lipinski definition) is 3. The number of nitrogens with two attached hydrogens (primary N) is 1. The van der Waals surface area contributed by atoms with E-state index in [0.717, 1.165) is 10.7 Å². The number of nitrogens with zero attached hydrogens (tertiary/aromatic N) is 3. The van der Waals surface area contributed by atoms with Gasteiger partial charge in [-0.3, -0.25) is 0 Å². The van der Waals surface area contributed by atoms with Crippen LogP contribution >= 0.6 is 15.9 Å². The predicted molar refractivity (Wildman–Crippen MR) is 45.0 cm³/mol. The van der Waals surface area contributed by atoms with Gasteiger partial charge in [0.2, 0.25) is 5.95 Å². The second-order valence-electron chi connectivity index (χ2n) is 2.34. The summed E-state index contributed by atoms with van der Waals surface area (Å²) in [6.45, 7) is 0. The van der Waals surface area contributed by atoms with Gasteiger partial charge in [-0.15, -0.1) is 5.10 Å². The van der Waals surface area contributed by atoms with Crippen LogP contribution in [-0.2, 0) is 0 Å². The summed E-state index contributed by atoms with van der Waals surface area (Å²) in [5.74, 6) is -1.67. The summed E-state index contributed by atoms with van der Waals surface area (Å²) in [5.41, 5.74) is 5.11. The lowest BCUT2D eigenvalue weighted by atomic mass is 10.4. The predicted octanol–water partition coefficient (Wildman–Crippen LogP) is 1.35. The smallest absolute Gasteiger partial charge is 0.240 e. The number of aromatic nitrogens is 3. The quantitative estimate of drug-likeness (QED) is 0.766. The fourth-order valence-electron chi connectivity index (χ4n) is 0.947. The molecule has 68 valence electrons. The van der Waals surface area contributed by atoms with E-state index in [4.69, 9.17) is 5.73 Å². The summed E-state index contributed by atoms with van der Waals surface area (Å²) in [7, 11) is 0. The first-order valence-corrected chi connectivity index (χ1v) is 4.04. The summed E-state index contributed by atoms with van der Waals surface area (Å²) in [6, 6.07) is 0. The van der Waals surface area contributed by atoms with Crippen molar-refractivity contribution in [3.63, 3.8) is 0 Å². The van der Waals surface area contributed by atoms with Gasteiger partial charge in [0.25, 0.3) is 0 Å². The third kappa shape index (κ3) is 1.15. The molecular weight excluding hydrogens is 246 g/mol. The molecule has 0 bridgehead atoms. The van der Waals surface area contributed by atoms with Gasteiger partial charge >= 0.3 is 0 Å². The topological polar surface area (TPSA) is 56.2 Å². The third-order valence-electron chi connectivity index (χ3n) is 1.48. The lowest BCUT2D eigenvalue weighted by Crippen LogP contribution is -1.95. The number of nitrogen functional groups attached to an aromatic ring is 1. The number of anilines is 1. The zero-order chi connectivity index (χ0) is 9.59. The third-order valence-corrected chi connectivity index (χ3v) is 2.21. The van der Waals surface area contributed by atoms with Crippen LogP contribution < -0.4 is 5.73 Å². The first kappa shape index (κ1) is 8.36. The van der Waals surface area contributed by atoms with Gasteiger partial charge in [-0.1, -0.05) is 0 Å². The molecule has 7 heteroatoms. The molecule has 13 heavy (non-hydrogen) atoms. The van der Waals surface area contributed by atoms with Gasteiger partial charge in [0, 0.05) is 0 Å². The molecule has 0 aliphatic heterocycles. The van der Waals surface area contributed by atoms with Crippen LogP contribution in [0.5, 0.6) is 0 Å². The Labute approximate surface area is 79.5 Å². The Morgan fingerprint density at radius 3 is 2.85 bits per heavy atom. The van der Waals surface area contributed by atoms with Crippen LogP contribution in [0.3, 0.4) is 0 Å². The molecule has 4 nitrogen and oxygen atoms in total. The SMILES string of the molecule is Nc1nc2c(F)c(Br)c(F)cn2n1. The van der Waals surface area contributed by atoms with Crippen LogP contribution in [0.2, 0.25) is 0 Å². The zero-order valence-electron chi connectivity index (χ0n) is 6.13. The highest BCUT2D eigenvalue weighted by Crippen LogP contribution is 2.22. The van der Waals surface area contributed by atoms with Crippen molar-refractivity contribution in [2.24, 2.45) is 0 Å². The Hall–Kier alpha value is -1.24. The van der Waals surface area contributed by atoms with Crippen LogP contribution in [0.1, 0.15) is 0 Å². The van der Waals surface area contributed by atoms with E-state index < -0.39 is 11.6 Å². The number of pyridine rings is 1. The number of hydrogen-bond donors (Lipinski definition) is 1. The molecule has 0 radical (unpaired) electrons. The monoisotopic (exact) mass is 248 g/mol. The van der Waals surface area contributed by atoms with Crippen LogP contribution in [0.25, 0.3) is 5.65 Å². The zero-order valence-corrected chi connectivity index (χ0v) is 7.72. The van der Waals surface area contributed by atoms with E-state index in [-0.39, 0.29) is 16.1 Å². The lowest BCUT2D eigenvalue weighted by molar-refractivity contribution is 0.561. The molecule has 2 aromatic rings. The molecule has 0 atom stereocenters. The molecule has 2 aromatic heterocycles. The van der Waals surface area contributed by atoms with Crippen molar-refractivity contribution in [1.29, 1.82) is 0 Å². The van der Waals surface area contributed by atoms with Crippen molar-refractivity contribution in [3.05, 3.63) is 22.3 Å². The van der Waals surface area contributed by atoms with Gasteiger partial charge < -0.3 is 5.73 Å². The molecule has 0 fully saturated rings. The van der Waals surface area contributed by atoms with Crippen molar-refractivity contribution < 1.29 is 8.78 Å². The van der Waals surface area contributed by atoms with E-state index in [1.165, 1.54) is 0 Å². The van der Waals surface area contributed by atoms with Gasteiger partial charge in [0.05, 0.1) is 10.7 Å². The minimum Gasteiger partial charge on any atom is -0.366 e. The Kier molecular flexibility index (Phi) is 1.69. The van der Waals surface area contributed by atoms with Crippen molar-refractivity contribution in [1.82, 2.24) is 14.6 Å². The molecule has 2 N–H and O–H groups in total. The van der Waals surface area contributed by atoms with E-state index in [2.05, 4.69) is 26.0 Å². The summed E-state index contributed by atoms with van der Waals surface area (Å²) in [6.07, 6.45) is 0.992. The van der Waals surface area contributed by atoms with Crippen LogP contribution in [0.15, 0.2) is 10.7 Å². The fraction of sp³-hybridized carbons (Fsp3) is 0. The largest absolute Gasteiger partial charge is 0.366 e. The Morgan fingerprint density at radius 1 is 1.46 bits per heavy atom. The van der Waals surface area contributed by atoms with Crippen LogP contribution in [0, 0.1) is 11.6 Å². The van der Waals surface area contributed by atoms with E-state index >= 15 is 0 Å². The normalized spacial score (nSPS) is 11.0. The number of rotatable bonds is 0. The molecule has 2 rings (SSSR count). The molecule has 0 aliphatic rings. The molecular formula is C6H3BrF2N4. The Balaban J connectivity index is 2.92. The summed E-state index contributed by atoms with van der Waals surface area (Å²) in [4.78, 5) is 3.57. The Morgan fingerprint density at radius 2 is 2.15 bits per heavy atom. The average Bonchev–Trinajstić information content (AvgIpc) is 2.42. The van der Waals surface area contributed by atoms with Gasteiger partial charge in [-0.25, -0.2) is 13.3 Å². The maximum Gasteiger partial charge on any atom is 0.240 e. The van der Waals surface area contributed by atoms with Gasteiger partial charge in [0.1, 0.15) is 0 Å². The van der Waals surface area contributed by atoms with Crippen molar-refractivity contribution in [3.8, 4) is 0 Å². The number of halogens is 3. The summed E-state index contributed by atoms with van der Waals surface area (Å²) in [5, 5.41) is 3.56. The first-order chi connectivity index (χ1) is 6.09. The summed E-state index contributed by atoms with van der Waals surface area (Å²) < 4.78 is 26.8. The fourth-order valence-corrected chi connectivity index (χ4v) is 1.23. The first-order valence-electron chi connectivity index (χ1n) is 3.25. The molecule has 2 heterocycles. The lowest BCUT2D eigenvalue weighted by Gasteiger charge is -1.97. The van der Waals surface area contributed by atoms with E-state index in [1.807, 2.05) is 0 Å². The Bertz CT molecular complexity index is 481. The van der Waals surface area contributed by atoms with E-state index in [0.29, 0.717) is 0 Å². The van der Waals surface area contributed by atoms with E-state index in [1.54, 1.807) is 0 Å². The molecule has 0 aliphatic carbocycles. The second-order valence-corrected chi connectivity index (χ2v) is 3.14. The minimum absolute atomic E-state index is 0.101. The van der Waals surface area contributed by atoms with Crippen molar-refractivity contribution in [2.75, 3.05) is 5.73 Å². The molecule has 0 saturated carbocycles. The molecule has 0 spiro atoms. The van der Waals surface area contributed by atoms with Crippen LogP contribution in [0.4, 0.5) is 14.7 Å². The van der Waals surface area contributed by atoms with E-state index in [9.17, 15) is 8.78 Å². The van der Waals surface area contributed by atoms with Gasteiger partial charge in [0.15, 0.2) is 17.3 Å². The number of fused-ring (bicyclic) bond motifs is 1. The molecule has 0 saturated heterocycles. The maximum absolute atomic E-state index is 13.2. The standard InChI is InChI=1S/C6H3BrF2N4/c7-3-2(8)1-13-5(4(3)9)11-6(10)12-13/h1H,(H2,10,12). The second kappa shape index (κ2) is 2.63. The van der Waals surface area contributed by atoms with Crippen LogP contribution in [-0.4, -0.2) is 14.6 Å². The molecule has 0 amide bonds. The van der Waals surface area contributed by atoms with Crippen molar-refractivity contribution >= 4 is 27.5 Å². The summed E-state index contributed by atoms with van der Waals surface area (Å²) >= 11 is 2.74. The highest BCUT2D eigenvalue weighted by atomic mass is 79.9. The highest BCUT2D eigenvalue weighted by molar-refractivity contribution is 9.10. The van der Waals surface area contributed by atoms with Gasteiger partial charge in [-0.2, -0.15) is 4.98 Å². The van der Waals surface area contributed by atoms with Crippen molar-refractivity contribution in [2.45, 2.75) is 0 Å². The molecule has 0 unspecified atom stereocenters. The minimum atomic E-state index is -0.816. The molecule has 0 aromatic carbocycles. The maximum atomic E-state index is 13.2. The average molecular weight is 249 g/mol. The van der Waals surface area contributed by atoms with Gasteiger partial charge in [-0.05, 0) is 15.9 Å². The highest BCUT2D eigenvalue weighted by Gasteiger charge is 2.14.